The van der Waals surface area contributed by atoms with Crippen molar-refractivity contribution in [3.05, 3.63) is 95.4 Å². The van der Waals surface area contributed by atoms with E-state index < -0.39 is 5.82 Å². The van der Waals surface area contributed by atoms with Crippen LogP contribution in [-0.4, -0.2) is 59.3 Å². The quantitative estimate of drug-likeness (QED) is 0.306. The van der Waals surface area contributed by atoms with Gasteiger partial charge in [-0.05, 0) is 68.7 Å². The predicted molar refractivity (Wildman–Crippen MR) is 151 cm³/mol. The van der Waals surface area contributed by atoms with E-state index in [0.29, 0.717) is 34.4 Å². The zero-order chi connectivity index (χ0) is 27.6. The van der Waals surface area contributed by atoms with Crippen molar-refractivity contribution in [2.75, 3.05) is 25.5 Å². The molecule has 1 aliphatic heterocycles. The molecule has 0 saturated carbocycles. The van der Waals surface area contributed by atoms with Crippen LogP contribution in [0.4, 0.5) is 16.0 Å². The Morgan fingerprint density at radius 2 is 1.77 bits per heavy atom. The molecule has 5 heterocycles. The minimum atomic E-state index is -0.538. The SMILES string of the molecule is C=CCn1c(=O)c2cnc(Nc3ccc(C4CCN(C)CC4)cc3)nc2n1-c1cccc(-c2ncc(F)cn2)n1. The summed E-state index contributed by atoms with van der Waals surface area (Å²) >= 11 is 0. The van der Waals surface area contributed by atoms with Crippen LogP contribution in [0.5, 0.6) is 0 Å². The summed E-state index contributed by atoms with van der Waals surface area (Å²) < 4.78 is 16.5. The van der Waals surface area contributed by atoms with Crippen LogP contribution in [0.15, 0.2) is 78.5 Å². The van der Waals surface area contributed by atoms with Crippen LogP contribution in [-0.2, 0) is 6.54 Å². The molecule has 40 heavy (non-hydrogen) atoms. The van der Waals surface area contributed by atoms with Gasteiger partial charge in [-0.1, -0.05) is 24.3 Å². The molecule has 4 aromatic heterocycles. The first-order valence-electron chi connectivity index (χ1n) is 13.1. The third-order valence-electron chi connectivity index (χ3n) is 7.14. The predicted octanol–water partition coefficient (Wildman–Crippen LogP) is 4.31. The second-order valence-electron chi connectivity index (χ2n) is 9.85. The van der Waals surface area contributed by atoms with E-state index in [0.717, 1.165) is 44.0 Å². The zero-order valence-electron chi connectivity index (χ0n) is 22.0. The Hall–Kier alpha value is -4.77. The molecule has 0 bridgehead atoms. The Morgan fingerprint density at radius 1 is 1.02 bits per heavy atom. The molecule has 202 valence electrons. The Morgan fingerprint density at radius 3 is 2.50 bits per heavy atom. The van der Waals surface area contributed by atoms with Gasteiger partial charge in [0, 0.05) is 11.9 Å². The molecule has 1 aliphatic rings. The molecule has 0 amide bonds. The third-order valence-corrected chi connectivity index (χ3v) is 7.14. The van der Waals surface area contributed by atoms with Gasteiger partial charge in [0.25, 0.3) is 5.56 Å². The Kier molecular flexibility index (Phi) is 6.87. The van der Waals surface area contributed by atoms with Crippen molar-refractivity contribution < 1.29 is 4.39 Å². The Bertz CT molecular complexity index is 1720. The lowest BCUT2D eigenvalue weighted by molar-refractivity contribution is 0.255. The molecule has 0 unspecified atom stereocenters. The highest BCUT2D eigenvalue weighted by atomic mass is 19.1. The van der Waals surface area contributed by atoms with Gasteiger partial charge in [-0.2, -0.15) is 4.98 Å². The molecule has 1 saturated heterocycles. The number of halogens is 1. The van der Waals surface area contributed by atoms with Crippen molar-refractivity contribution in [1.82, 2.24) is 39.2 Å². The van der Waals surface area contributed by atoms with Crippen molar-refractivity contribution in [3.63, 3.8) is 0 Å². The fraction of sp³-hybridized carbons (Fsp3) is 0.241. The maximum Gasteiger partial charge on any atom is 0.278 e. The van der Waals surface area contributed by atoms with Gasteiger partial charge < -0.3 is 10.2 Å². The number of nitrogens with zero attached hydrogens (tertiary/aromatic N) is 8. The average molecular weight is 538 g/mol. The van der Waals surface area contributed by atoms with Gasteiger partial charge in [0.15, 0.2) is 23.1 Å². The van der Waals surface area contributed by atoms with Gasteiger partial charge in [-0.25, -0.2) is 33.7 Å². The molecular weight excluding hydrogens is 509 g/mol. The minimum absolute atomic E-state index is 0.231. The Labute approximate surface area is 229 Å². The average Bonchev–Trinajstić information content (AvgIpc) is 3.25. The summed E-state index contributed by atoms with van der Waals surface area (Å²) in [4.78, 5) is 37.5. The zero-order valence-corrected chi connectivity index (χ0v) is 22.0. The largest absolute Gasteiger partial charge is 0.324 e. The normalized spacial score (nSPS) is 14.4. The summed E-state index contributed by atoms with van der Waals surface area (Å²) in [6.07, 6.45) is 7.63. The molecule has 1 fully saturated rings. The van der Waals surface area contributed by atoms with E-state index in [2.05, 4.69) is 55.9 Å². The number of benzene rings is 1. The second-order valence-corrected chi connectivity index (χ2v) is 9.85. The van der Waals surface area contributed by atoms with E-state index in [4.69, 9.17) is 4.98 Å². The van der Waals surface area contributed by atoms with E-state index in [1.54, 1.807) is 29.0 Å². The number of allylic oxidation sites excluding steroid dienone is 1. The number of rotatable bonds is 7. The molecule has 0 atom stereocenters. The molecule has 1 N–H and O–H groups in total. The molecular formula is C29H28FN9O. The number of fused-ring (bicyclic) bond motifs is 1. The van der Waals surface area contributed by atoms with E-state index in [1.165, 1.54) is 16.4 Å². The summed E-state index contributed by atoms with van der Waals surface area (Å²) in [5.74, 6) is 1.07. The van der Waals surface area contributed by atoms with Gasteiger partial charge in [0.05, 0.1) is 18.9 Å². The number of nitrogens with one attached hydrogen (secondary N) is 1. The molecule has 0 aliphatic carbocycles. The van der Waals surface area contributed by atoms with Crippen LogP contribution in [0.25, 0.3) is 28.4 Å². The van der Waals surface area contributed by atoms with Crippen LogP contribution >= 0.6 is 0 Å². The van der Waals surface area contributed by atoms with E-state index >= 15 is 0 Å². The second kappa shape index (κ2) is 10.8. The smallest absolute Gasteiger partial charge is 0.278 e. The van der Waals surface area contributed by atoms with Gasteiger partial charge >= 0.3 is 0 Å². The topological polar surface area (TPSA) is 107 Å². The maximum absolute atomic E-state index is 13.4. The standard InChI is InChI=1S/C29H28FN9O/c1-3-13-38-28(40)23-18-33-29(34-22-9-7-19(8-10-22)20-11-14-37(2)15-12-20)36-27(23)39(38)25-6-4-5-24(35-25)26-31-16-21(30)17-32-26/h3-10,16-18,20H,1,11-15H2,2H3,(H,33,34,36). The first-order chi connectivity index (χ1) is 19.5. The number of aromatic nitrogens is 7. The van der Waals surface area contributed by atoms with Crippen molar-refractivity contribution in [3.8, 4) is 17.3 Å². The molecule has 0 radical (unpaired) electrons. The first-order valence-corrected chi connectivity index (χ1v) is 13.1. The molecule has 10 nitrogen and oxygen atoms in total. The van der Waals surface area contributed by atoms with E-state index in [9.17, 15) is 9.18 Å². The van der Waals surface area contributed by atoms with Crippen molar-refractivity contribution in [2.45, 2.75) is 25.3 Å². The molecule has 6 rings (SSSR count). The van der Waals surface area contributed by atoms with E-state index in [1.807, 2.05) is 12.1 Å². The summed E-state index contributed by atoms with van der Waals surface area (Å²) in [5, 5.41) is 3.61. The van der Waals surface area contributed by atoms with Crippen LogP contribution in [0, 0.1) is 5.82 Å². The number of piperidine rings is 1. The summed E-state index contributed by atoms with van der Waals surface area (Å²) in [6.45, 7) is 6.25. The molecule has 11 heteroatoms. The van der Waals surface area contributed by atoms with Crippen molar-refractivity contribution >= 4 is 22.7 Å². The lowest BCUT2D eigenvalue weighted by Crippen LogP contribution is -2.29. The van der Waals surface area contributed by atoms with E-state index in [-0.39, 0.29) is 17.9 Å². The van der Waals surface area contributed by atoms with Crippen LogP contribution in [0.2, 0.25) is 0 Å². The molecule has 1 aromatic carbocycles. The van der Waals surface area contributed by atoms with Gasteiger partial charge in [-0.3, -0.25) is 4.79 Å². The maximum atomic E-state index is 13.4. The lowest BCUT2D eigenvalue weighted by Gasteiger charge is -2.29. The highest BCUT2D eigenvalue weighted by Crippen LogP contribution is 2.29. The summed E-state index contributed by atoms with van der Waals surface area (Å²) in [7, 11) is 2.16. The van der Waals surface area contributed by atoms with Crippen molar-refractivity contribution in [2.24, 2.45) is 0 Å². The van der Waals surface area contributed by atoms with Gasteiger partial charge in [0.1, 0.15) is 11.1 Å². The van der Waals surface area contributed by atoms with Crippen molar-refractivity contribution in [1.29, 1.82) is 0 Å². The van der Waals surface area contributed by atoms with Gasteiger partial charge in [-0.15, -0.1) is 6.58 Å². The highest BCUT2D eigenvalue weighted by Gasteiger charge is 2.20. The van der Waals surface area contributed by atoms with Crippen LogP contribution in [0.3, 0.4) is 0 Å². The monoisotopic (exact) mass is 537 g/mol. The fourth-order valence-corrected chi connectivity index (χ4v) is 5.03. The lowest BCUT2D eigenvalue weighted by atomic mass is 9.89. The number of likely N-dealkylation sites (tertiary alicyclic amines) is 1. The molecule has 0 spiro atoms. The number of hydrogen-bond donors (Lipinski definition) is 1. The number of anilines is 2. The Balaban J connectivity index is 1.35. The summed E-state index contributed by atoms with van der Waals surface area (Å²) in [6, 6.07) is 13.6. The van der Waals surface area contributed by atoms with Crippen LogP contribution < -0.4 is 10.9 Å². The fourth-order valence-electron chi connectivity index (χ4n) is 5.03. The highest BCUT2D eigenvalue weighted by molar-refractivity contribution is 5.77. The number of pyridine rings is 1. The summed E-state index contributed by atoms with van der Waals surface area (Å²) in [5.41, 5.74) is 2.73. The molecule has 5 aromatic rings. The minimum Gasteiger partial charge on any atom is -0.324 e. The van der Waals surface area contributed by atoms with Gasteiger partial charge in [0.2, 0.25) is 5.95 Å². The number of hydrogen-bond acceptors (Lipinski definition) is 8. The first kappa shape index (κ1) is 25.5. The van der Waals surface area contributed by atoms with Crippen LogP contribution in [0.1, 0.15) is 24.3 Å². The third kappa shape index (κ3) is 4.98.